The number of alkyl halides is 1. The van der Waals surface area contributed by atoms with Gasteiger partial charge < -0.3 is 4.57 Å². The van der Waals surface area contributed by atoms with Gasteiger partial charge >= 0.3 is 0 Å². The summed E-state index contributed by atoms with van der Waals surface area (Å²) in [5.41, 5.74) is 1.70. The standard InChI is InChI=1S/C14H17ClN2O2S/c1-14(6-7-14)9-17-10-4-3-5-11(20(2,18)19)13(10)16-12(17)8-15/h3-5H,6-9H2,1-2H3. The number of aromatic nitrogens is 2. The maximum absolute atomic E-state index is 11.9. The summed E-state index contributed by atoms with van der Waals surface area (Å²) < 4.78 is 25.8. The molecule has 4 nitrogen and oxygen atoms in total. The van der Waals surface area contributed by atoms with Crippen molar-refractivity contribution in [3.63, 3.8) is 0 Å². The molecule has 3 rings (SSSR count). The van der Waals surface area contributed by atoms with E-state index in [-0.39, 0.29) is 10.8 Å². The van der Waals surface area contributed by atoms with E-state index < -0.39 is 9.84 Å². The first-order valence-electron chi connectivity index (χ1n) is 6.58. The van der Waals surface area contributed by atoms with Crippen molar-refractivity contribution < 1.29 is 8.42 Å². The maximum Gasteiger partial charge on any atom is 0.177 e. The van der Waals surface area contributed by atoms with Crippen LogP contribution in [0.4, 0.5) is 0 Å². The Balaban J connectivity index is 2.24. The first-order valence-corrected chi connectivity index (χ1v) is 9.01. The van der Waals surface area contributed by atoms with Crippen LogP contribution in [0.25, 0.3) is 11.0 Å². The fourth-order valence-electron chi connectivity index (χ4n) is 2.50. The van der Waals surface area contributed by atoms with Gasteiger partial charge in [0.1, 0.15) is 11.3 Å². The van der Waals surface area contributed by atoms with Crippen LogP contribution in [-0.2, 0) is 22.3 Å². The summed E-state index contributed by atoms with van der Waals surface area (Å²) in [5, 5.41) is 0. The van der Waals surface area contributed by atoms with E-state index in [1.807, 2.05) is 6.07 Å². The number of imidazole rings is 1. The summed E-state index contributed by atoms with van der Waals surface area (Å²) in [7, 11) is -3.29. The lowest BCUT2D eigenvalue weighted by Gasteiger charge is -2.13. The molecule has 0 amide bonds. The van der Waals surface area contributed by atoms with Crippen LogP contribution in [0.5, 0.6) is 0 Å². The Morgan fingerprint density at radius 3 is 2.65 bits per heavy atom. The molecule has 20 heavy (non-hydrogen) atoms. The van der Waals surface area contributed by atoms with E-state index in [1.165, 1.54) is 19.1 Å². The molecule has 0 N–H and O–H groups in total. The van der Waals surface area contributed by atoms with Crippen LogP contribution in [0.2, 0.25) is 0 Å². The molecule has 1 aliphatic carbocycles. The summed E-state index contributed by atoms with van der Waals surface area (Å²) >= 11 is 5.99. The lowest BCUT2D eigenvalue weighted by Crippen LogP contribution is -2.10. The third kappa shape index (κ3) is 2.33. The van der Waals surface area contributed by atoms with Crippen molar-refractivity contribution in [1.29, 1.82) is 0 Å². The minimum Gasteiger partial charge on any atom is -0.326 e. The van der Waals surface area contributed by atoms with E-state index in [4.69, 9.17) is 11.6 Å². The van der Waals surface area contributed by atoms with Crippen molar-refractivity contribution in [1.82, 2.24) is 9.55 Å². The Morgan fingerprint density at radius 2 is 2.10 bits per heavy atom. The molecule has 0 radical (unpaired) electrons. The van der Waals surface area contributed by atoms with Gasteiger partial charge in [-0.25, -0.2) is 13.4 Å². The molecule has 0 aliphatic heterocycles. The van der Waals surface area contributed by atoms with E-state index >= 15 is 0 Å². The fourth-order valence-corrected chi connectivity index (χ4v) is 3.53. The number of nitrogens with zero attached hydrogens (tertiary/aromatic N) is 2. The van der Waals surface area contributed by atoms with Crippen LogP contribution in [0.3, 0.4) is 0 Å². The molecule has 1 saturated carbocycles. The summed E-state index contributed by atoms with van der Waals surface area (Å²) in [6.45, 7) is 3.08. The van der Waals surface area contributed by atoms with Crippen LogP contribution in [0.15, 0.2) is 23.1 Å². The molecule has 0 spiro atoms. The highest BCUT2D eigenvalue weighted by Crippen LogP contribution is 2.47. The second-order valence-electron chi connectivity index (χ2n) is 5.95. The molecule has 0 bridgehead atoms. The molecule has 0 atom stereocenters. The zero-order valence-electron chi connectivity index (χ0n) is 11.6. The second kappa shape index (κ2) is 4.46. The number of halogens is 1. The minimum absolute atomic E-state index is 0.279. The zero-order chi connectivity index (χ0) is 14.5. The predicted octanol–water partition coefficient (Wildman–Crippen LogP) is 2.98. The molecule has 1 fully saturated rings. The highest BCUT2D eigenvalue weighted by molar-refractivity contribution is 7.91. The van der Waals surface area contributed by atoms with Gasteiger partial charge in [-0.15, -0.1) is 11.6 Å². The molecule has 1 aromatic carbocycles. The van der Waals surface area contributed by atoms with Gasteiger partial charge in [0.05, 0.1) is 16.3 Å². The van der Waals surface area contributed by atoms with Gasteiger partial charge in [-0.1, -0.05) is 13.0 Å². The van der Waals surface area contributed by atoms with Gasteiger partial charge in [0.25, 0.3) is 0 Å². The van der Waals surface area contributed by atoms with Gasteiger partial charge in [0, 0.05) is 12.8 Å². The molecular weight excluding hydrogens is 296 g/mol. The molecule has 1 aliphatic rings. The molecular formula is C14H17ClN2O2S. The third-order valence-corrected chi connectivity index (χ3v) is 5.35. The molecule has 0 unspecified atom stereocenters. The van der Waals surface area contributed by atoms with Crippen molar-refractivity contribution in [2.45, 2.75) is 37.1 Å². The third-order valence-electron chi connectivity index (χ3n) is 3.98. The normalized spacial score (nSPS) is 17.6. The zero-order valence-corrected chi connectivity index (χ0v) is 13.1. The number of rotatable bonds is 4. The summed E-state index contributed by atoms with van der Waals surface area (Å²) in [6, 6.07) is 5.29. The molecule has 6 heteroatoms. The topological polar surface area (TPSA) is 52.0 Å². The average Bonchev–Trinajstić information content (AvgIpc) is 2.99. The summed E-state index contributed by atoms with van der Waals surface area (Å²) in [5.74, 6) is 1.03. The Kier molecular flexibility index (Phi) is 3.10. The van der Waals surface area contributed by atoms with Gasteiger partial charge in [0.2, 0.25) is 0 Å². The van der Waals surface area contributed by atoms with Crippen LogP contribution in [-0.4, -0.2) is 24.2 Å². The Morgan fingerprint density at radius 1 is 1.40 bits per heavy atom. The lowest BCUT2D eigenvalue weighted by molar-refractivity contribution is 0.465. The lowest BCUT2D eigenvalue weighted by atomic mass is 10.1. The van der Waals surface area contributed by atoms with Crippen LogP contribution in [0, 0.1) is 5.41 Å². The smallest absolute Gasteiger partial charge is 0.177 e. The molecule has 2 aromatic rings. The Bertz CT molecular complexity index is 776. The van der Waals surface area contributed by atoms with E-state index in [1.54, 1.807) is 12.1 Å². The molecule has 108 valence electrons. The number of sulfone groups is 1. The second-order valence-corrected chi connectivity index (χ2v) is 8.21. The van der Waals surface area contributed by atoms with Gasteiger partial charge in [-0.3, -0.25) is 0 Å². The van der Waals surface area contributed by atoms with E-state index in [9.17, 15) is 8.42 Å². The SMILES string of the molecule is CC1(Cn2c(CCl)nc3c(S(C)(=O)=O)cccc32)CC1. The van der Waals surface area contributed by atoms with Crippen molar-refractivity contribution >= 4 is 32.5 Å². The monoisotopic (exact) mass is 312 g/mol. The van der Waals surface area contributed by atoms with Crippen LogP contribution < -0.4 is 0 Å². The van der Waals surface area contributed by atoms with E-state index in [0.29, 0.717) is 10.9 Å². The number of para-hydroxylation sites is 1. The fraction of sp³-hybridized carbons (Fsp3) is 0.500. The minimum atomic E-state index is -3.29. The quantitative estimate of drug-likeness (QED) is 0.816. The highest BCUT2D eigenvalue weighted by Gasteiger charge is 2.38. The number of benzene rings is 1. The summed E-state index contributed by atoms with van der Waals surface area (Å²) in [6.07, 6.45) is 3.60. The first kappa shape index (κ1) is 13.9. The van der Waals surface area contributed by atoms with Crippen molar-refractivity contribution in [2.75, 3.05) is 6.26 Å². The Labute approximate surface area is 123 Å². The largest absolute Gasteiger partial charge is 0.326 e. The van der Waals surface area contributed by atoms with Crippen LogP contribution in [0.1, 0.15) is 25.6 Å². The average molecular weight is 313 g/mol. The number of hydrogen-bond acceptors (Lipinski definition) is 3. The van der Waals surface area contributed by atoms with Crippen LogP contribution >= 0.6 is 11.6 Å². The van der Waals surface area contributed by atoms with Crippen molar-refractivity contribution in [3.05, 3.63) is 24.0 Å². The first-order chi connectivity index (χ1) is 9.34. The number of hydrogen-bond donors (Lipinski definition) is 0. The highest BCUT2D eigenvalue weighted by atomic mass is 35.5. The maximum atomic E-state index is 11.9. The van der Waals surface area contributed by atoms with Gasteiger partial charge in [0.15, 0.2) is 9.84 Å². The van der Waals surface area contributed by atoms with Gasteiger partial charge in [-0.2, -0.15) is 0 Å². The molecule has 1 aromatic heterocycles. The van der Waals surface area contributed by atoms with Crippen molar-refractivity contribution in [2.24, 2.45) is 5.41 Å². The molecule has 1 heterocycles. The van der Waals surface area contributed by atoms with Gasteiger partial charge in [-0.05, 0) is 30.4 Å². The predicted molar refractivity (Wildman–Crippen MR) is 79.7 cm³/mol. The van der Waals surface area contributed by atoms with E-state index in [0.717, 1.165) is 17.9 Å². The summed E-state index contributed by atoms with van der Waals surface area (Å²) in [4.78, 5) is 4.74. The molecule has 0 saturated heterocycles. The number of fused-ring (bicyclic) bond motifs is 1. The van der Waals surface area contributed by atoms with Crippen molar-refractivity contribution in [3.8, 4) is 0 Å². The van der Waals surface area contributed by atoms with E-state index in [2.05, 4.69) is 16.5 Å². The Hall–Kier alpha value is -1.07.